The van der Waals surface area contributed by atoms with E-state index in [1.807, 2.05) is 68.2 Å². The van der Waals surface area contributed by atoms with Gasteiger partial charge in [-0.1, -0.05) is 13.0 Å². The van der Waals surface area contributed by atoms with Crippen LogP contribution in [0.2, 0.25) is 0 Å². The summed E-state index contributed by atoms with van der Waals surface area (Å²) in [7, 11) is 1.90. The molecule has 212 valence electrons. The molecule has 1 aliphatic heterocycles. The van der Waals surface area contributed by atoms with Crippen LogP contribution in [0.3, 0.4) is 0 Å². The number of nitrogens with zero attached hydrogens (tertiary/aromatic N) is 5. The number of carbonyl (C=O) groups excluding carboxylic acids is 1. The van der Waals surface area contributed by atoms with Gasteiger partial charge in [-0.25, -0.2) is 0 Å². The van der Waals surface area contributed by atoms with Gasteiger partial charge in [-0.15, -0.1) is 0 Å². The number of aryl methyl sites for hydroxylation is 2. The maximum absolute atomic E-state index is 13.0. The number of hydrogen-bond acceptors (Lipinski definition) is 8. The zero-order chi connectivity index (χ0) is 28.9. The van der Waals surface area contributed by atoms with Crippen molar-refractivity contribution in [3.8, 4) is 11.8 Å². The van der Waals surface area contributed by atoms with Gasteiger partial charge in [0.15, 0.2) is 0 Å². The summed E-state index contributed by atoms with van der Waals surface area (Å²) in [5.74, 6) is 0.256. The predicted molar refractivity (Wildman–Crippen MR) is 161 cm³/mol. The van der Waals surface area contributed by atoms with Crippen LogP contribution in [0.25, 0.3) is 21.8 Å². The lowest BCUT2D eigenvalue weighted by Crippen LogP contribution is -2.43. The second-order valence-electron chi connectivity index (χ2n) is 10.0. The molecule has 2 aromatic heterocycles. The molecule has 2 N–H and O–H groups in total. The van der Waals surface area contributed by atoms with Gasteiger partial charge in [0, 0.05) is 54.8 Å². The van der Waals surface area contributed by atoms with Crippen LogP contribution in [0.15, 0.2) is 48.7 Å². The molecule has 1 amide bonds. The number of anilines is 3. The minimum Gasteiger partial charge on any atom is -0.492 e. The first-order valence-electron chi connectivity index (χ1n) is 13.9. The van der Waals surface area contributed by atoms with E-state index in [0.717, 1.165) is 23.1 Å². The van der Waals surface area contributed by atoms with Crippen LogP contribution in [0.5, 0.6) is 5.75 Å². The Labute approximate surface area is 239 Å². The van der Waals surface area contributed by atoms with Crippen molar-refractivity contribution in [2.45, 2.75) is 33.2 Å². The number of morpholine rings is 1. The molecule has 1 fully saturated rings. The minimum absolute atomic E-state index is 0.263. The number of nitrogens with one attached hydrogen (secondary N) is 2. The molecule has 4 aromatic rings. The topological polar surface area (TPSA) is 117 Å². The zero-order valence-electron chi connectivity index (χ0n) is 23.9. The first-order chi connectivity index (χ1) is 19.9. The maximum Gasteiger partial charge on any atom is 0.248 e. The summed E-state index contributed by atoms with van der Waals surface area (Å²) in [4.78, 5) is 20.0. The first kappa shape index (κ1) is 28.1. The summed E-state index contributed by atoms with van der Waals surface area (Å²) in [6.45, 7) is 9.30. The Morgan fingerprint density at radius 3 is 2.90 bits per heavy atom. The molecular weight excluding hydrogens is 518 g/mol. The van der Waals surface area contributed by atoms with E-state index in [0.29, 0.717) is 78.1 Å². The van der Waals surface area contributed by atoms with Crippen molar-refractivity contribution in [2.24, 2.45) is 7.05 Å². The van der Waals surface area contributed by atoms with E-state index >= 15 is 0 Å². The van der Waals surface area contributed by atoms with Gasteiger partial charge in [0.1, 0.15) is 11.8 Å². The third-order valence-electron chi connectivity index (χ3n) is 7.30. The number of pyridine rings is 1. The van der Waals surface area contributed by atoms with E-state index in [1.165, 1.54) is 0 Å². The van der Waals surface area contributed by atoms with E-state index in [1.54, 1.807) is 6.08 Å². The van der Waals surface area contributed by atoms with Crippen molar-refractivity contribution in [1.29, 1.82) is 5.26 Å². The Morgan fingerprint density at radius 2 is 2.15 bits per heavy atom. The molecule has 0 bridgehead atoms. The second kappa shape index (κ2) is 12.4. The van der Waals surface area contributed by atoms with Crippen molar-refractivity contribution < 1.29 is 14.3 Å². The Morgan fingerprint density at radius 1 is 1.29 bits per heavy atom. The monoisotopic (exact) mass is 553 g/mol. The standard InChI is InChI=1S/C31H35N7O3/c1-5-25-24(17-32)31(34-22-9-10-28-21(14-22)18-33-37(28)4)23-15-27(29(41-6-2)16-26(23)35-25)36-30(39)8-7-11-38-12-13-40-19-20(38)3/h7-10,14-16,18,20H,5-6,11-13,19H2,1-4H3,(H,34,35)(H,36,39)/b8-7+/t20-/m1/s1. The smallest absolute Gasteiger partial charge is 0.248 e. The number of hydrogen-bond donors (Lipinski definition) is 2. The number of fused-ring (bicyclic) bond motifs is 2. The van der Waals surface area contributed by atoms with Gasteiger partial charge < -0.3 is 20.1 Å². The fraction of sp³-hybridized carbons (Fsp3) is 0.355. The number of benzene rings is 2. The molecule has 10 heteroatoms. The van der Waals surface area contributed by atoms with Gasteiger partial charge in [0.2, 0.25) is 5.91 Å². The number of aromatic nitrogens is 3. The molecule has 2 aromatic carbocycles. The van der Waals surface area contributed by atoms with Crippen LogP contribution in [-0.4, -0.2) is 64.5 Å². The Hall–Kier alpha value is -4.46. The maximum atomic E-state index is 13.0. The molecule has 0 unspecified atom stereocenters. The number of amides is 1. The fourth-order valence-electron chi connectivity index (χ4n) is 5.11. The highest BCUT2D eigenvalue weighted by molar-refractivity contribution is 6.05. The van der Waals surface area contributed by atoms with Crippen molar-refractivity contribution >= 4 is 44.8 Å². The van der Waals surface area contributed by atoms with Gasteiger partial charge in [-0.2, -0.15) is 10.4 Å². The SMILES string of the molecule is CCOc1cc2nc(CC)c(C#N)c(Nc3ccc4c(cnn4C)c3)c2cc1NC(=O)/C=C/CN1CCOC[C@H]1C. The fourth-order valence-corrected chi connectivity index (χ4v) is 5.11. The van der Waals surface area contributed by atoms with Crippen LogP contribution >= 0.6 is 0 Å². The van der Waals surface area contributed by atoms with Gasteiger partial charge >= 0.3 is 0 Å². The molecule has 1 saturated heterocycles. The predicted octanol–water partition coefficient (Wildman–Crippen LogP) is 4.91. The Bertz CT molecular complexity index is 1650. The minimum atomic E-state index is -0.263. The molecule has 0 aliphatic carbocycles. The number of rotatable bonds is 9. The summed E-state index contributed by atoms with van der Waals surface area (Å²) < 4.78 is 13.2. The van der Waals surface area contributed by atoms with Crippen molar-refractivity contribution in [1.82, 2.24) is 19.7 Å². The molecule has 1 aliphatic rings. The van der Waals surface area contributed by atoms with Crippen molar-refractivity contribution in [3.63, 3.8) is 0 Å². The van der Waals surface area contributed by atoms with Crippen LogP contribution < -0.4 is 15.4 Å². The highest BCUT2D eigenvalue weighted by Crippen LogP contribution is 2.38. The largest absolute Gasteiger partial charge is 0.492 e. The van der Waals surface area contributed by atoms with E-state index in [2.05, 4.69) is 33.6 Å². The highest BCUT2D eigenvalue weighted by Gasteiger charge is 2.19. The molecule has 10 nitrogen and oxygen atoms in total. The molecule has 41 heavy (non-hydrogen) atoms. The Kier molecular flexibility index (Phi) is 8.47. The average molecular weight is 554 g/mol. The normalized spacial score (nSPS) is 15.8. The third kappa shape index (κ3) is 6.01. The molecule has 5 rings (SSSR count). The van der Waals surface area contributed by atoms with Crippen molar-refractivity contribution in [2.75, 3.05) is 43.5 Å². The summed E-state index contributed by atoms with van der Waals surface area (Å²) in [6, 6.07) is 12.3. The number of carbonyl (C=O) groups is 1. The third-order valence-corrected chi connectivity index (χ3v) is 7.30. The van der Waals surface area contributed by atoms with Gasteiger partial charge in [0.05, 0.1) is 59.7 Å². The molecule has 0 radical (unpaired) electrons. The van der Waals surface area contributed by atoms with Crippen LogP contribution in [0, 0.1) is 11.3 Å². The average Bonchev–Trinajstić information content (AvgIpc) is 3.34. The Balaban J connectivity index is 1.51. The lowest BCUT2D eigenvalue weighted by atomic mass is 10.0. The summed E-state index contributed by atoms with van der Waals surface area (Å²) in [5.41, 5.74) is 4.78. The number of ether oxygens (including phenoxy) is 2. The molecule has 0 spiro atoms. The van der Waals surface area contributed by atoms with E-state index in [9.17, 15) is 10.1 Å². The second-order valence-corrected chi connectivity index (χ2v) is 10.0. The van der Waals surface area contributed by atoms with Gasteiger partial charge in [0.25, 0.3) is 0 Å². The van der Waals surface area contributed by atoms with E-state index < -0.39 is 0 Å². The summed E-state index contributed by atoms with van der Waals surface area (Å²) >= 11 is 0. The lowest BCUT2D eigenvalue weighted by Gasteiger charge is -2.32. The van der Waals surface area contributed by atoms with E-state index in [4.69, 9.17) is 14.5 Å². The van der Waals surface area contributed by atoms with E-state index in [-0.39, 0.29) is 5.91 Å². The summed E-state index contributed by atoms with van der Waals surface area (Å²) in [6.07, 6.45) is 5.81. The first-order valence-corrected chi connectivity index (χ1v) is 13.9. The summed E-state index contributed by atoms with van der Waals surface area (Å²) in [5, 5.41) is 22.6. The molecular formula is C31H35N7O3. The van der Waals surface area contributed by atoms with Gasteiger partial charge in [-0.05, 0) is 44.5 Å². The van der Waals surface area contributed by atoms with Crippen LogP contribution in [-0.2, 0) is 23.0 Å². The molecule has 0 saturated carbocycles. The zero-order valence-corrected chi connectivity index (χ0v) is 23.9. The van der Waals surface area contributed by atoms with Crippen LogP contribution in [0.1, 0.15) is 32.0 Å². The van der Waals surface area contributed by atoms with Crippen LogP contribution in [0.4, 0.5) is 17.1 Å². The van der Waals surface area contributed by atoms with Crippen molar-refractivity contribution in [3.05, 3.63) is 59.9 Å². The molecule has 3 heterocycles. The number of nitriles is 1. The lowest BCUT2D eigenvalue weighted by molar-refractivity contribution is -0.111. The van der Waals surface area contributed by atoms with Gasteiger partial charge in [-0.3, -0.25) is 19.4 Å². The molecule has 1 atom stereocenters. The quantitative estimate of drug-likeness (QED) is 0.281. The highest BCUT2D eigenvalue weighted by atomic mass is 16.5.